The molecular formula is C12H10ClNO. The quantitative estimate of drug-likeness (QED) is 0.787. The summed E-state index contributed by atoms with van der Waals surface area (Å²) in [5, 5.41) is 9.68. The number of halogens is 1. The average Bonchev–Trinajstić information content (AvgIpc) is 2.30. The van der Waals surface area contributed by atoms with Crippen molar-refractivity contribution in [2.24, 2.45) is 0 Å². The lowest BCUT2D eigenvalue weighted by molar-refractivity contribution is 0.475. The minimum atomic E-state index is 0.176. The summed E-state index contributed by atoms with van der Waals surface area (Å²) in [7, 11) is 0. The molecule has 0 aliphatic rings. The Balaban J connectivity index is 2.59. The van der Waals surface area contributed by atoms with Crippen LogP contribution in [0.25, 0.3) is 11.3 Å². The van der Waals surface area contributed by atoms with Crippen LogP contribution in [0.3, 0.4) is 0 Å². The van der Waals surface area contributed by atoms with E-state index in [1.54, 1.807) is 18.3 Å². The van der Waals surface area contributed by atoms with Crippen LogP contribution in [0.1, 0.15) is 5.56 Å². The molecule has 15 heavy (non-hydrogen) atoms. The maximum absolute atomic E-state index is 9.68. The van der Waals surface area contributed by atoms with Crippen LogP contribution < -0.4 is 0 Å². The molecule has 2 nitrogen and oxygen atoms in total. The second-order valence-corrected chi connectivity index (χ2v) is 3.43. The molecule has 0 atom stereocenters. The molecule has 0 saturated carbocycles. The highest BCUT2D eigenvalue weighted by Gasteiger charge is 2.08. The summed E-state index contributed by atoms with van der Waals surface area (Å²) in [5.41, 5.74) is 2.42. The molecule has 0 amide bonds. The van der Waals surface area contributed by atoms with Gasteiger partial charge in [-0.25, -0.2) is 0 Å². The van der Waals surface area contributed by atoms with Crippen LogP contribution >= 0.6 is 11.6 Å². The van der Waals surface area contributed by atoms with E-state index in [-0.39, 0.29) is 5.75 Å². The van der Waals surface area contributed by atoms with Crippen LogP contribution in [0.4, 0.5) is 0 Å². The van der Waals surface area contributed by atoms with Crippen LogP contribution in [0.15, 0.2) is 42.6 Å². The molecule has 3 heteroatoms. The van der Waals surface area contributed by atoms with E-state index < -0.39 is 0 Å². The van der Waals surface area contributed by atoms with Gasteiger partial charge in [-0.2, -0.15) is 0 Å². The fourth-order valence-corrected chi connectivity index (χ4v) is 1.71. The van der Waals surface area contributed by atoms with Gasteiger partial charge in [0, 0.05) is 17.6 Å². The largest absolute Gasteiger partial charge is 0.506 e. The Morgan fingerprint density at radius 2 is 1.93 bits per heavy atom. The number of hydrogen-bond donors (Lipinski definition) is 1. The number of rotatable bonds is 2. The van der Waals surface area contributed by atoms with Gasteiger partial charge in [0.15, 0.2) is 0 Å². The zero-order valence-corrected chi connectivity index (χ0v) is 8.78. The Hall–Kier alpha value is -1.54. The fourth-order valence-electron chi connectivity index (χ4n) is 1.47. The van der Waals surface area contributed by atoms with Gasteiger partial charge in [0.1, 0.15) is 11.4 Å². The SMILES string of the molecule is Oc1cccnc1-c1ccccc1CCl. The summed E-state index contributed by atoms with van der Waals surface area (Å²) >= 11 is 5.82. The lowest BCUT2D eigenvalue weighted by atomic mass is 10.0. The molecule has 0 bridgehead atoms. The third-order valence-corrected chi connectivity index (χ3v) is 2.49. The molecule has 76 valence electrons. The van der Waals surface area contributed by atoms with Crippen LogP contribution in [0.2, 0.25) is 0 Å². The summed E-state index contributed by atoms with van der Waals surface area (Å²) in [5.74, 6) is 0.585. The van der Waals surface area contributed by atoms with E-state index in [4.69, 9.17) is 11.6 Å². The first kappa shape index (κ1) is 9.99. The molecule has 1 aromatic heterocycles. The normalized spacial score (nSPS) is 10.2. The topological polar surface area (TPSA) is 33.1 Å². The van der Waals surface area contributed by atoms with Gasteiger partial charge in [-0.1, -0.05) is 24.3 Å². The van der Waals surface area contributed by atoms with Gasteiger partial charge < -0.3 is 5.11 Å². The van der Waals surface area contributed by atoms with E-state index in [9.17, 15) is 5.11 Å². The predicted octanol–water partition coefficient (Wildman–Crippen LogP) is 3.19. The van der Waals surface area contributed by atoms with E-state index in [1.165, 1.54) is 0 Å². The molecule has 0 aliphatic heterocycles. The van der Waals surface area contributed by atoms with Crippen LogP contribution in [-0.2, 0) is 5.88 Å². The molecule has 0 saturated heterocycles. The molecule has 0 aliphatic carbocycles. The zero-order chi connectivity index (χ0) is 10.7. The Morgan fingerprint density at radius 3 is 2.67 bits per heavy atom. The Morgan fingerprint density at radius 1 is 1.13 bits per heavy atom. The van der Waals surface area contributed by atoms with Crippen molar-refractivity contribution in [3.05, 3.63) is 48.2 Å². The van der Waals surface area contributed by atoms with Crippen molar-refractivity contribution in [1.29, 1.82) is 0 Å². The summed E-state index contributed by atoms with van der Waals surface area (Å²) in [6.07, 6.45) is 1.65. The number of benzene rings is 1. The third kappa shape index (κ3) is 1.95. The lowest BCUT2D eigenvalue weighted by Gasteiger charge is -2.07. The van der Waals surface area contributed by atoms with E-state index in [0.717, 1.165) is 11.1 Å². The first-order valence-corrected chi connectivity index (χ1v) is 5.14. The third-order valence-electron chi connectivity index (χ3n) is 2.20. The van der Waals surface area contributed by atoms with E-state index in [2.05, 4.69) is 4.98 Å². The van der Waals surface area contributed by atoms with Gasteiger partial charge in [0.2, 0.25) is 0 Å². The number of nitrogens with zero attached hydrogens (tertiary/aromatic N) is 1. The first-order valence-electron chi connectivity index (χ1n) is 4.61. The highest BCUT2D eigenvalue weighted by molar-refractivity contribution is 6.17. The molecule has 1 N–H and O–H groups in total. The number of pyridine rings is 1. The summed E-state index contributed by atoms with van der Waals surface area (Å²) in [6.45, 7) is 0. The number of hydrogen-bond acceptors (Lipinski definition) is 2. The Kier molecular flexibility index (Phi) is 2.88. The van der Waals surface area contributed by atoms with E-state index >= 15 is 0 Å². The molecule has 2 rings (SSSR count). The fraction of sp³-hybridized carbons (Fsp3) is 0.0833. The molecule has 0 fully saturated rings. The maximum Gasteiger partial charge on any atom is 0.141 e. The maximum atomic E-state index is 9.68. The number of alkyl halides is 1. The average molecular weight is 220 g/mol. The molecule has 1 aromatic carbocycles. The van der Waals surface area contributed by atoms with Gasteiger partial charge in [0.25, 0.3) is 0 Å². The second-order valence-electron chi connectivity index (χ2n) is 3.16. The second kappa shape index (κ2) is 4.32. The molecule has 2 aromatic rings. The lowest BCUT2D eigenvalue weighted by Crippen LogP contribution is -1.88. The smallest absolute Gasteiger partial charge is 0.141 e. The van der Waals surface area contributed by atoms with Gasteiger partial charge in [0.05, 0.1) is 0 Å². The molecule has 0 radical (unpaired) electrons. The number of aromatic nitrogens is 1. The highest BCUT2D eigenvalue weighted by atomic mass is 35.5. The molecule has 1 heterocycles. The summed E-state index contributed by atoms with van der Waals surface area (Å²) in [6, 6.07) is 11.0. The standard InChI is InChI=1S/C12H10ClNO/c13-8-9-4-1-2-5-10(9)12-11(15)6-3-7-14-12/h1-7,15H,8H2. The minimum absolute atomic E-state index is 0.176. The van der Waals surface area contributed by atoms with Crippen LogP contribution in [0, 0.1) is 0 Å². The first-order chi connectivity index (χ1) is 7.33. The summed E-state index contributed by atoms with van der Waals surface area (Å²) < 4.78 is 0. The Bertz CT molecular complexity index is 471. The molecule has 0 spiro atoms. The van der Waals surface area contributed by atoms with Crippen molar-refractivity contribution in [2.45, 2.75) is 5.88 Å². The van der Waals surface area contributed by atoms with Crippen molar-refractivity contribution in [3.8, 4) is 17.0 Å². The molecule has 0 unspecified atom stereocenters. The Labute approximate surface area is 93.2 Å². The highest BCUT2D eigenvalue weighted by Crippen LogP contribution is 2.29. The van der Waals surface area contributed by atoms with Gasteiger partial charge in [-0.05, 0) is 17.7 Å². The van der Waals surface area contributed by atoms with Crippen molar-refractivity contribution in [2.75, 3.05) is 0 Å². The van der Waals surface area contributed by atoms with Gasteiger partial charge in [-0.3, -0.25) is 4.98 Å². The molecular weight excluding hydrogens is 210 g/mol. The predicted molar refractivity (Wildman–Crippen MR) is 60.9 cm³/mol. The van der Waals surface area contributed by atoms with Crippen molar-refractivity contribution in [3.63, 3.8) is 0 Å². The zero-order valence-electron chi connectivity index (χ0n) is 8.02. The van der Waals surface area contributed by atoms with Gasteiger partial charge in [-0.15, -0.1) is 11.6 Å². The van der Waals surface area contributed by atoms with Crippen LogP contribution in [0.5, 0.6) is 5.75 Å². The van der Waals surface area contributed by atoms with Crippen molar-refractivity contribution < 1.29 is 5.11 Å². The van der Waals surface area contributed by atoms with Crippen molar-refractivity contribution in [1.82, 2.24) is 4.98 Å². The number of aromatic hydroxyl groups is 1. The minimum Gasteiger partial charge on any atom is -0.506 e. The monoisotopic (exact) mass is 219 g/mol. The van der Waals surface area contributed by atoms with Crippen molar-refractivity contribution >= 4 is 11.6 Å². The van der Waals surface area contributed by atoms with E-state index in [0.29, 0.717) is 11.6 Å². The summed E-state index contributed by atoms with van der Waals surface area (Å²) in [4.78, 5) is 4.15. The van der Waals surface area contributed by atoms with Gasteiger partial charge >= 0.3 is 0 Å². The van der Waals surface area contributed by atoms with E-state index in [1.807, 2.05) is 24.3 Å². The van der Waals surface area contributed by atoms with Crippen LogP contribution in [-0.4, -0.2) is 10.1 Å².